The van der Waals surface area contributed by atoms with E-state index in [1.54, 1.807) is 0 Å². The Hall–Kier alpha value is 0.730. The van der Waals surface area contributed by atoms with Crippen LogP contribution in [-0.4, -0.2) is 3.92 Å². The first-order valence-corrected chi connectivity index (χ1v) is 7.52. The fraction of sp³-hybridized carbons (Fsp3) is 1.00. The van der Waals surface area contributed by atoms with Gasteiger partial charge in [0.25, 0.3) is 0 Å². The van der Waals surface area contributed by atoms with E-state index in [4.69, 9.17) is 0 Å². The van der Waals surface area contributed by atoms with Gasteiger partial charge in [-0.3, -0.25) is 0 Å². The molecule has 0 aliphatic heterocycles. The summed E-state index contributed by atoms with van der Waals surface area (Å²) in [6, 6.07) is 0. The van der Waals surface area contributed by atoms with E-state index >= 15 is 0 Å². The van der Waals surface area contributed by atoms with Crippen LogP contribution < -0.4 is 0 Å². The van der Waals surface area contributed by atoms with Gasteiger partial charge in [-0.2, -0.15) is 0 Å². The summed E-state index contributed by atoms with van der Waals surface area (Å²) in [6.45, 7) is 14.5. The van der Waals surface area contributed by atoms with Gasteiger partial charge in [-0.15, -0.1) is 0 Å². The highest BCUT2D eigenvalue weighted by molar-refractivity contribution is 14.1. The highest BCUT2D eigenvalue weighted by atomic mass is 127. The van der Waals surface area contributed by atoms with Crippen molar-refractivity contribution in [2.45, 2.75) is 64.7 Å². The summed E-state index contributed by atoms with van der Waals surface area (Å²) in [7, 11) is 0. The van der Waals surface area contributed by atoms with Gasteiger partial charge in [-0.05, 0) is 35.5 Å². The maximum absolute atomic E-state index is 2.73. The zero-order valence-electron chi connectivity index (χ0n) is 11.2. The predicted molar refractivity (Wildman–Crippen MR) is 77.5 cm³/mol. The number of hydrogen-bond acceptors (Lipinski definition) is 0. The summed E-state index contributed by atoms with van der Waals surface area (Å²) >= 11 is 2.73. The van der Waals surface area contributed by atoms with Crippen molar-refractivity contribution in [3.8, 4) is 0 Å². The molecule has 1 aliphatic carbocycles. The van der Waals surface area contributed by atoms with E-state index in [0.29, 0.717) is 10.8 Å². The van der Waals surface area contributed by atoms with E-state index < -0.39 is 0 Å². The molecule has 1 fully saturated rings. The van der Waals surface area contributed by atoms with Crippen molar-refractivity contribution in [2.75, 3.05) is 0 Å². The molecule has 0 amide bonds. The van der Waals surface area contributed by atoms with E-state index in [-0.39, 0.29) is 0 Å². The molecule has 0 nitrogen and oxygen atoms in total. The normalized spacial score (nSPS) is 34.2. The smallest absolute Gasteiger partial charge is 0.0176 e. The molecule has 0 spiro atoms. The second-order valence-electron chi connectivity index (χ2n) is 7.32. The average molecular weight is 322 g/mol. The zero-order valence-corrected chi connectivity index (χ0v) is 13.4. The van der Waals surface area contributed by atoms with Crippen LogP contribution in [0.2, 0.25) is 0 Å². The number of alkyl halides is 1. The molecule has 1 saturated carbocycles. The van der Waals surface area contributed by atoms with Crippen LogP contribution >= 0.6 is 22.6 Å². The Morgan fingerprint density at radius 3 is 1.40 bits per heavy atom. The van der Waals surface area contributed by atoms with E-state index in [1.165, 1.54) is 19.3 Å². The molecule has 1 heteroatoms. The van der Waals surface area contributed by atoms with Crippen molar-refractivity contribution in [3.05, 3.63) is 0 Å². The monoisotopic (exact) mass is 322 g/mol. The highest BCUT2D eigenvalue weighted by Crippen LogP contribution is 2.49. The molecule has 0 aromatic carbocycles. The third-order valence-electron chi connectivity index (χ3n) is 4.02. The Morgan fingerprint density at radius 2 is 1.13 bits per heavy atom. The van der Waals surface area contributed by atoms with E-state index in [1.807, 2.05) is 0 Å². The summed E-state index contributed by atoms with van der Waals surface area (Å²) in [6.07, 6.45) is 4.30. The number of halogens is 1. The van der Waals surface area contributed by atoms with Crippen molar-refractivity contribution >= 4 is 22.6 Å². The minimum absolute atomic E-state index is 0.482. The standard InChI is InChI=1S/C14H27I/c1-13(2,3)10-8-7-9-11(12(10)15)14(4,5)6/h10-12H,7-9H2,1-6H3. The van der Waals surface area contributed by atoms with Crippen LogP contribution in [0.1, 0.15) is 60.8 Å². The molecule has 90 valence electrons. The lowest BCUT2D eigenvalue weighted by molar-refractivity contribution is 0.0993. The Kier molecular flexibility index (Phi) is 4.18. The topological polar surface area (TPSA) is 0 Å². The Morgan fingerprint density at radius 1 is 0.800 bits per heavy atom. The van der Waals surface area contributed by atoms with Crippen molar-refractivity contribution in [1.82, 2.24) is 0 Å². The summed E-state index contributed by atoms with van der Waals surface area (Å²) in [5.74, 6) is 1.80. The highest BCUT2D eigenvalue weighted by Gasteiger charge is 2.42. The van der Waals surface area contributed by atoms with Crippen molar-refractivity contribution < 1.29 is 0 Å². The van der Waals surface area contributed by atoms with Crippen LogP contribution in [0, 0.1) is 22.7 Å². The van der Waals surface area contributed by atoms with Gasteiger partial charge >= 0.3 is 0 Å². The quantitative estimate of drug-likeness (QED) is 0.419. The molecular formula is C14H27I. The Balaban J connectivity index is 2.81. The molecule has 2 unspecified atom stereocenters. The molecular weight excluding hydrogens is 295 g/mol. The lowest BCUT2D eigenvalue weighted by Crippen LogP contribution is -2.41. The van der Waals surface area contributed by atoms with Crippen LogP contribution in [0.3, 0.4) is 0 Å². The Bertz CT molecular complexity index is 184. The van der Waals surface area contributed by atoms with Crippen molar-refractivity contribution in [1.29, 1.82) is 0 Å². The minimum atomic E-state index is 0.482. The number of hydrogen-bond donors (Lipinski definition) is 0. The van der Waals surface area contributed by atoms with Gasteiger partial charge in [0.15, 0.2) is 0 Å². The zero-order chi connectivity index (χ0) is 11.9. The van der Waals surface area contributed by atoms with Gasteiger partial charge in [-0.1, -0.05) is 70.6 Å². The molecule has 2 atom stereocenters. The van der Waals surface area contributed by atoms with Crippen LogP contribution in [0.5, 0.6) is 0 Å². The lowest BCUT2D eigenvalue weighted by Gasteiger charge is -2.46. The second-order valence-corrected chi connectivity index (χ2v) is 8.76. The van der Waals surface area contributed by atoms with E-state index in [2.05, 4.69) is 64.1 Å². The Labute approximate surface area is 110 Å². The molecule has 0 bridgehead atoms. The van der Waals surface area contributed by atoms with Crippen LogP contribution in [-0.2, 0) is 0 Å². The number of rotatable bonds is 0. The first-order chi connectivity index (χ1) is 6.64. The molecule has 0 saturated heterocycles. The van der Waals surface area contributed by atoms with Gasteiger partial charge in [-0.25, -0.2) is 0 Å². The maximum Gasteiger partial charge on any atom is 0.0176 e. The fourth-order valence-corrected chi connectivity index (χ4v) is 5.85. The van der Waals surface area contributed by atoms with Gasteiger partial charge in [0.1, 0.15) is 0 Å². The molecule has 0 aromatic rings. The lowest BCUT2D eigenvalue weighted by atomic mass is 9.63. The van der Waals surface area contributed by atoms with E-state index in [9.17, 15) is 0 Å². The third-order valence-corrected chi connectivity index (χ3v) is 5.76. The molecule has 1 rings (SSSR count). The van der Waals surface area contributed by atoms with Gasteiger partial charge < -0.3 is 0 Å². The summed E-state index contributed by atoms with van der Waals surface area (Å²) in [5.41, 5.74) is 0.964. The van der Waals surface area contributed by atoms with Gasteiger partial charge in [0.05, 0.1) is 0 Å². The molecule has 0 aromatic heterocycles. The van der Waals surface area contributed by atoms with Crippen molar-refractivity contribution in [2.24, 2.45) is 22.7 Å². The molecule has 15 heavy (non-hydrogen) atoms. The van der Waals surface area contributed by atoms with Crippen LogP contribution in [0.4, 0.5) is 0 Å². The molecule has 0 radical (unpaired) electrons. The summed E-state index contributed by atoms with van der Waals surface area (Å²) in [5, 5.41) is 0. The predicted octanol–water partition coefficient (Wildman–Crippen LogP) is 5.30. The van der Waals surface area contributed by atoms with Gasteiger partial charge in [0.2, 0.25) is 0 Å². The molecule has 0 N–H and O–H groups in total. The molecule has 0 heterocycles. The average Bonchev–Trinajstić information content (AvgIpc) is 1.99. The summed E-state index contributed by atoms with van der Waals surface area (Å²) in [4.78, 5) is 0. The minimum Gasteiger partial charge on any atom is -0.0820 e. The van der Waals surface area contributed by atoms with Crippen LogP contribution in [0.15, 0.2) is 0 Å². The first-order valence-electron chi connectivity index (χ1n) is 6.28. The fourth-order valence-electron chi connectivity index (χ4n) is 2.98. The van der Waals surface area contributed by atoms with Gasteiger partial charge in [0, 0.05) is 3.92 Å². The van der Waals surface area contributed by atoms with E-state index in [0.717, 1.165) is 15.8 Å². The summed E-state index contributed by atoms with van der Waals surface area (Å²) < 4.78 is 0.858. The second kappa shape index (κ2) is 4.54. The SMILES string of the molecule is CC(C)(C)C1CCCC(C(C)(C)C)C1I. The van der Waals surface area contributed by atoms with Crippen LogP contribution in [0.25, 0.3) is 0 Å². The first kappa shape index (κ1) is 13.8. The maximum atomic E-state index is 2.73. The third kappa shape index (κ3) is 3.34. The van der Waals surface area contributed by atoms with Crippen molar-refractivity contribution in [3.63, 3.8) is 0 Å². The largest absolute Gasteiger partial charge is 0.0820 e. The molecule has 1 aliphatic rings.